The third-order valence-electron chi connectivity index (χ3n) is 2.83. The highest BCUT2D eigenvalue weighted by Crippen LogP contribution is 2.10. The normalized spacial score (nSPS) is 9.95. The molecule has 0 aliphatic carbocycles. The van der Waals surface area contributed by atoms with Gasteiger partial charge in [-0.05, 0) is 48.1 Å². The van der Waals surface area contributed by atoms with Gasteiger partial charge in [0.15, 0.2) is 0 Å². The zero-order valence-corrected chi connectivity index (χ0v) is 11.0. The Morgan fingerprint density at radius 3 is 2.53 bits per heavy atom. The van der Waals surface area contributed by atoms with E-state index in [9.17, 15) is 5.02 Å². The van der Waals surface area contributed by atoms with Crippen molar-refractivity contribution < 1.29 is 9.12 Å². The molecule has 0 radical (unpaired) electrons. The molecule has 1 N–H and O–H groups in total. The molecular formula is C14H12BNO2S. The van der Waals surface area contributed by atoms with Crippen LogP contribution in [0, 0.1) is 11.3 Å². The predicted molar refractivity (Wildman–Crippen MR) is 78.1 cm³/mol. The first-order valence-corrected chi connectivity index (χ1v) is 6.15. The van der Waals surface area contributed by atoms with E-state index in [1.807, 2.05) is 30.3 Å². The van der Waals surface area contributed by atoms with Crippen LogP contribution in [0.5, 0.6) is 0 Å². The number of nitriles is 1. The Morgan fingerprint density at radius 1 is 1.16 bits per heavy atom. The van der Waals surface area contributed by atoms with Gasteiger partial charge in [0, 0.05) is 0 Å². The van der Waals surface area contributed by atoms with E-state index in [-0.39, 0.29) is 0 Å². The molecule has 0 aromatic heterocycles. The van der Waals surface area contributed by atoms with Gasteiger partial charge in [-0.1, -0.05) is 36.4 Å². The van der Waals surface area contributed by atoms with Crippen LogP contribution in [-0.4, -0.2) is 12.1 Å². The summed E-state index contributed by atoms with van der Waals surface area (Å²) < 4.78 is 4.59. The maximum Gasteiger partial charge on any atom is 0.502 e. The lowest BCUT2D eigenvalue weighted by molar-refractivity contribution is 0.473. The molecule has 3 nitrogen and oxygen atoms in total. The Kier molecular flexibility index (Phi) is 4.64. The van der Waals surface area contributed by atoms with Crippen molar-refractivity contribution in [2.75, 3.05) is 0 Å². The molecule has 0 heterocycles. The fourth-order valence-electron chi connectivity index (χ4n) is 1.85. The molecular weight excluding hydrogens is 257 g/mol. The fourth-order valence-corrected chi connectivity index (χ4v) is 1.97. The van der Waals surface area contributed by atoms with Crippen LogP contribution in [0.15, 0.2) is 48.5 Å². The second kappa shape index (κ2) is 6.44. The highest BCUT2D eigenvalue weighted by Gasteiger charge is 2.15. The van der Waals surface area contributed by atoms with Crippen molar-refractivity contribution >= 4 is 25.5 Å². The molecule has 0 aliphatic rings. The zero-order chi connectivity index (χ0) is 13.7. The molecule has 0 fully saturated rings. The summed E-state index contributed by atoms with van der Waals surface area (Å²) in [5.41, 5.74) is 3.49. The molecule has 5 heteroatoms. The lowest BCUT2D eigenvalue weighted by atomic mass is 9.79. The minimum absolute atomic E-state index is 0.649. The molecule has 2 aromatic carbocycles. The van der Waals surface area contributed by atoms with E-state index in [1.54, 1.807) is 18.2 Å². The molecule has 19 heavy (non-hydrogen) atoms. The minimum atomic E-state index is -1.02. The van der Waals surface area contributed by atoms with E-state index in [4.69, 9.17) is 5.26 Å². The fraction of sp³-hybridized carbons (Fsp3) is 0.0714. The molecule has 0 aliphatic heterocycles. The van der Waals surface area contributed by atoms with Crippen LogP contribution in [0.4, 0.5) is 0 Å². The van der Waals surface area contributed by atoms with Crippen LogP contribution >= 0.6 is 12.9 Å². The first-order valence-electron chi connectivity index (χ1n) is 5.79. The third-order valence-corrected chi connectivity index (χ3v) is 3.03. The van der Waals surface area contributed by atoms with Crippen molar-refractivity contribution in [2.24, 2.45) is 0 Å². The quantitative estimate of drug-likeness (QED) is 0.504. The van der Waals surface area contributed by atoms with Crippen molar-refractivity contribution in [1.29, 1.82) is 5.26 Å². The van der Waals surface area contributed by atoms with Gasteiger partial charge in [-0.2, -0.15) is 5.26 Å². The van der Waals surface area contributed by atoms with Gasteiger partial charge in [0.05, 0.1) is 11.6 Å². The summed E-state index contributed by atoms with van der Waals surface area (Å²) in [6.45, 7) is 0. The van der Waals surface area contributed by atoms with Crippen molar-refractivity contribution in [3.05, 3.63) is 65.2 Å². The standard InChI is InChI=1S/C14H12BNO2S/c16-10-12-6-4-11(5-7-12)8-13-2-1-3-14(9-13)15(17)18-19/h1-7,9,17,19H,8H2. The number of hydrogen-bond donors (Lipinski definition) is 2. The summed E-state index contributed by atoms with van der Waals surface area (Å²) in [7, 11) is -1.02. The number of hydrogen-bond acceptors (Lipinski definition) is 4. The average Bonchev–Trinajstić information content (AvgIpc) is 2.47. The lowest BCUT2D eigenvalue weighted by Crippen LogP contribution is -2.30. The van der Waals surface area contributed by atoms with Crippen molar-refractivity contribution in [3.63, 3.8) is 0 Å². The van der Waals surface area contributed by atoms with E-state index in [1.165, 1.54) is 0 Å². The van der Waals surface area contributed by atoms with Crippen molar-refractivity contribution in [1.82, 2.24) is 0 Å². The van der Waals surface area contributed by atoms with Gasteiger partial charge in [-0.25, -0.2) is 0 Å². The third kappa shape index (κ3) is 3.61. The molecule has 0 saturated heterocycles. The van der Waals surface area contributed by atoms with E-state index in [0.29, 0.717) is 11.0 Å². The molecule has 0 amide bonds. The predicted octanol–water partition coefficient (Wildman–Crippen LogP) is 1.70. The summed E-state index contributed by atoms with van der Waals surface area (Å²) in [6, 6.07) is 17.0. The summed E-state index contributed by atoms with van der Waals surface area (Å²) >= 11 is 3.60. The molecule has 94 valence electrons. The molecule has 2 aromatic rings. The smallest absolute Gasteiger partial charge is 0.423 e. The largest absolute Gasteiger partial charge is 0.502 e. The maximum atomic E-state index is 9.55. The molecule has 0 atom stereocenters. The summed E-state index contributed by atoms with van der Waals surface area (Å²) in [6.07, 6.45) is 0.735. The van der Waals surface area contributed by atoms with Crippen molar-refractivity contribution in [3.8, 4) is 6.07 Å². The summed E-state index contributed by atoms with van der Waals surface area (Å²) in [5.74, 6) is 0. The minimum Gasteiger partial charge on any atom is -0.423 e. The van der Waals surface area contributed by atoms with E-state index in [2.05, 4.69) is 23.1 Å². The van der Waals surface area contributed by atoms with Crippen LogP contribution in [0.3, 0.4) is 0 Å². The highest BCUT2D eigenvalue weighted by molar-refractivity contribution is 7.76. The average molecular weight is 269 g/mol. The van der Waals surface area contributed by atoms with Crippen LogP contribution < -0.4 is 5.46 Å². The van der Waals surface area contributed by atoms with Gasteiger partial charge in [0.2, 0.25) is 0 Å². The topological polar surface area (TPSA) is 53.2 Å². The number of nitrogens with zero attached hydrogens (tertiary/aromatic N) is 1. The van der Waals surface area contributed by atoms with Crippen LogP contribution in [0.1, 0.15) is 16.7 Å². The monoisotopic (exact) mass is 269 g/mol. The number of benzene rings is 2. The lowest BCUT2D eigenvalue weighted by Gasteiger charge is -2.06. The van der Waals surface area contributed by atoms with Gasteiger partial charge in [0.1, 0.15) is 0 Å². The van der Waals surface area contributed by atoms with Gasteiger partial charge < -0.3 is 9.12 Å². The van der Waals surface area contributed by atoms with Gasteiger partial charge >= 0.3 is 7.12 Å². The summed E-state index contributed by atoms with van der Waals surface area (Å²) in [5, 5.41) is 18.3. The first kappa shape index (κ1) is 13.7. The Morgan fingerprint density at radius 2 is 1.89 bits per heavy atom. The van der Waals surface area contributed by atoms with Gasteiger partial charge in [0.25, 0.3) is 0 Å². The van der Waals surface area contributed by atoms with E-state index < -0.39 is 7.12 Å². The summed E-state index contributed by atoms with van der Waals surface area (Å²) in [4.78, 5) is 0. The molecule has 0 bridgehead atoms. The van der Waals surface area contributed by atoms with Crippen LogP contribution in [0.2, 0.25) is 0 Å². The Labute approximate surface area is 118 Å². The Bertz CT molecular complexity index is 595. The van der Waals surface area contributed by atoms with Crippen LogP contribution in [0.25, 0.3) is 0 Å². The number of rotatable bonds is 4. The van der Waals surface area contributed by atoms with Gasteiger partial charge in [-0.3, -0.25) is 0 Å². The molecule has 0 saturated carbocycles. The van der Waals surface area contributed by atoms with Gasteiger partial charge in [-0.15, -0.1) is 0 Å². The first-order chi connectivity index (χ1) is 9.22. The molecule has 0 spiro atoms. The Hall–Kier alpha value is -1.74. The number of thiol groups is 1. The van der Waals surface area contributed by atoms with E-state index in [0.717, 1.165) is 17.5 Å². The Balaban J connectivity index is 2.16. The highest BCUT2D eigenvalue weighted by atomic mass is 32.1. The SMILES string of the molecule is N#Cc1ccc(Cc2cccc(B(O)OS)c2)cc1. The van der Waals surface area contributed by atoms with Crippen LogP contribution in [-0.2, 0) is 10.5 Å². The maximum absolute atomic E-state index is 9.55. The second-order valence-corrected chi connectivity index (χ2v) is 4.40. The second-order valence-electron chi connectivity index (χ2n) is 4.19. The molecule has 2 rings (SSSR count). The zero-order valence-electron chi connectivity index (χ0n) is 10.2. The van der Waals surface area contributed by atoms with Crippen molar-refractivity contribution in [2.45, 2.75) is 6.42 Å². The molecule has 0 unspecified atom stereocenters. The van der Waals surface area contributed by atoms with E-state index >= 15 is 0 Å².